The van der Waals surface area contributed by atoms with E-state index in [9.17, 15) is 14.7 Å². The predicted octanol–water partition coefficient (Wildman–Crippen LogP) is 4.23. The van der Waals surface area contributed by atoms with Crippen LogP contribution >= 0.6 is 0 Å². The number of fused-ring (bicyclic) bond motifs is 4. The third-order valence-corrected chi connectivity index (χ3v) is 6.25. The molecule has 0 saturated carbocycles. The minimum absolute atomic E-state index is 0.0484. The molecule has 8 nitrogen and oxygen atoms in total. The monoisotopic (exact) mass is 472 g/mol. The van der Waals surface area contributed by atoms with E-state index >= 15 is 0 Å². The molecule has 0 spiro atoms. The van der Waals surface area contributed by atoms with Gasteiger partial charge in [0, 0.05) is 11.5 Å². The number of rotatable bonds is 3. The van der Waals surface area contributed by atoms with E-state index in [2.05, 4.69) is 0 Å². The molecule has 0 unspecified atom stereocenters. The summed E-state index contributed by atoms with van der Waals surface area (Å²) in [5.41, 5.74) is 2.42. The number of ketones is 1. The fourth-order valence-electron chi connectivity index (χ4n) is 4.62. The largest absolute Gasteiger partial charge is 0.504 e. The summed E-state index contributed by atoms with van der Waals surface area (Å²) in [5, 5.41) is 10.1. The number of allylic oxidation sites excluding steroid dienone is 1. The zero-order valence-electron chi connectivity index (χ0n) is 18.7. The van der Waals surface area contributed by atoms with Crippen molar-refractivity contribution in [3.05, 3.63) is 76.5 Å². The van der Waals surface area contributed by atoms with Crippen LogP contribution in [0.25, 0.3) is 6.08 Å². The van der Waals surface area contributed by atoms with Gasteiger partial charge in [0.2, 0.25) is 5.78 Å². The second-order valence-electron chi connectivity index (χ2n) is 8.36. The lowest BCUT2D eigenvalue weighted by atomic mass is 9.84. The molecule has 0 radical (unpaired) electrons. The Hall–Kier alpha value is -4.46. The maximum absolute atomic E-state index is 13.2. The zero-order chi connectivity index (χ0) is 24.1. The van der Waals surface area contributed by atoms with E-state index in [0.29, 0.717) is 58.7 Å². The Bertz CT molecular complexity index is 1420. The number of esters is 1. The summed E-state index contributed by atoms with van der Waals surface area (Å²) < 4.78 is 28.0. The van der Waals surface area contributed by atoms with Crippen LogP contribution in [0.2, 0.25) is 0 Å². The van der Waals surface area contributed by atoms with Gasteiger partial charge in [0.1, 0.15) is 24.7 Å². The number of carbonyl (C=O) groups is 2. The van der Waals surface area contributed by atoms with E-state index in [0.717, 1.165) is 5.56 Å². The molecule has 0 aliphatic carbocycles. The van der Waals surface area contributed by atoms with Crippen LogP contribution in [0.4, 0.5) is 0 Å². The number of phenols is 1. The molecular formula is C27H20O8. The number of phenolic OH excluding ortho intramolecular Hbond substituents is 1. The van der Waals surface area contributed by atoms with Crippen LogP contribution in [0.1, 0.15) is 39.4 Å². The molecule has 0 fully saturated rings. The van der Waals surface area contributed by atoms with Crippen molar-refractivity contribution >= 4 is 17.8 Å². The van der Waals surface area contributed by atoms with Gasteiger partial charge in [0.15, 0.2) is 28.8 Å². The van der Waals surface area contributed by atoms with Crippen LogP contribution in [-0.4, -0.2) is 37.2 Å². The first-order chi connectivity index (χ1) is 17.0. The molecule has 3 heterocycles. The Balaban J connectivity index is 1.42. The molecule has 1 N–H and O–H groups in total. The van der Waals surface area contributed by atoms with Gasteiger partial charge in [-0.25, -0.2) is 0 Å². The van der Waals surface area contributed by atoms with Gasteiger partial charge in [-0.2, -0.15) is 0 Å². The fourth-order valence-corrected chi connectivity index (χ4v) is 4.62. The number of methoxy groups -OCH3 is 1. The summed E-state index contributed by atoms with van der Waals surface area (Å²) >= 11 is 0. The first-order valence-electron chi connectivity index (χ1n) is 11.1. The Labute approximate surface area is 200 Å². The van der Waals surface area contributed by atoms with Crippen LogP contribution < -0.4 is 23.7 Å². The fraction of sp³-hybridized carbons (Fsp3) is 0.185. The molecule has 3 aromatic rings. The van der Waals surface area contributed by atoms with Crippen molar-refractivity contribution in [2.75, 3.05) is 20.3 Å². The highest BCUT2D eigenvalue weighted by atomic mass is 16.6. The Kier molecular flexibility index (Phi) is 4.88. The first kappa shape index (κ1) is 21.1. The van der Waals surface area contributed by atoms with E-state index in [1.165, 1.54) is 13.2 Å². The smallest absolute Gasteiger partial charge is 0.312 e. The van der Waals surface area contributed by atoms with E-state index in [-0.39, 0.29) is 29.7 Å². The van der Waals surface area contributed by atoms with Crippen molar-refractivity contribution in [2.24, 2.45) is 0 Å². The molecule has 0 saturated heterocycles. The molecule has 176 valence electrons. The van der Waals surface area contributed by atoms with Crippen molar-refractivity contribution in [1.29, 1.82) is 0 Å². The molecule has 35 heavy (non-hydrogen) atoms. The lowest BCUT2D eigenvalue weighted by Crippen LogP contribution is -2.22. The normalized spacial score (nSPS) is 19.0. The van der Waals surface area contributed by atoms with Gasteiger partial charge < -0.3 is 28.8 Å². The highest BCUT2D eigenvalue weighted by molar-refractivity contribution is 6.15. The van der Waals surface area contributed by atoms with Gasteiger partial charge in [-0.05, 0) is 53.6 Å². The number of benzene rings is 3. The van der Waals surface area contributed by atoms with Gasteiger partial charge in [-0.3, -0.25) is 9.59 Å². The molecule has 6 rings (SSSR count). The summed E-state index contributed by atoms with van der Waals surface area (Å²) in [6, 6.07) is 13.6. The lowest BCUT2D eigenvalue weighted by Gasteiger charge is -2.27. The standard InChI is InChI=1S/C27H20O8/c1-31-19-5-2-14(10-18(19)28)11-23-26(30)16-4-7-21-25(27(16)35-23)17(13-24(29)34-21)15-3-6-20-22(12-15)33-9-8-32-20/h2-7,10-12,17,28H,8-9,13H2,1H3/b23-11-/t17-/m0/s1. The molecule has 0 amide bonds. The van der Waals surface area contributed by atoms with Crippen molar-refractivity contribution in [1.82, 2.24) is 0 Å². The Morgan fingerprint density at radius 1 is 0.943 bits per heavy atom. The number of ether oxygens (including phenoxy) is 5. The molecule has 0 aromatic heterocycles. The predicted molar refractivity (Wildman–Crippen MR) is 124 cm³/mol. The lowest BCUT2D eigenvalue weighted by molar-refractivity contribution is -0.135. The SMILES string of the molecule is COc1ccc(/C=C2\Oc3c(ccc4c3[C@H](c3ccc5c(c3)OCCO5)CC(=O)O4)C2=O)cc1O. The van der Waals surface area contributed by atoms with Crippen molar-refractivity contribution in [3.8, 4) is 34.5 Å². The van der Waals surface area contributed by atoms with Gasteiger partial charge in [-0.1, -0.05) is 12.1 Å². The quantitative estimate of drug-likeness (QED) is 0.343. The van der Waals surface area contributed by atoms with Crippen LogP contribution in [0.15, 0.2) is 54.3 Å². The number of hydrogen-bond acceptors (Lipinski definition) is 8. The minimum atomic E-state index is -0.394. The Morgan fingerprint density at radius 3 is 2.54 bits per heavy atom. The van der Waals surface area contributed by atoms with E-state index in [1.807, 2.05) is 18.2 Å². The van der Waals surface area contributed by atoms with Crippen LogP contribution in [-0.2, 0) is 4.79 Å². The van der Waals surface area contributed by atoms with E-state index in [4.69, 9.17) is 23.7 Å². The highest BCUT2D eigenvalue weighted by Gasteiger charge is 2.38. The topological polar surface area (TPSA) is 101 Å². The number of hydrogen-bond donors (Lipinski definition) is 1. The number of aromatic hydroxyl groups is 1. The van der Waals surface area contributed by atoms with Crippen LogP contribution in [0.5, 0.6) is 34.5 Å². The second kappa shape index (κ2) is 8.09. The first-order valence-corrected chi connectivity index (χ1v) is 11.1. The average molecular weight is 472 g/mol. The molecular weight excluding hydrogens is 452 g/mol. The Morgan fingerprint density at radius 2 is 1.74 bits per heavy atom. The summed E-state index contributed by atoms with van der Waals surface area (Å²) in [6.07, 6.45) is 1.65. The van der Waals surface area contributed by atoms with Crippen LogP contribution in [0.3, 0.4) is 0 Å². The minimum Gasteiger partial charge on any atom is -0.504 e. The molecule has 0 bridgehead atoms. The highest BCUT2D eigenvalue weighted by Crippen LogP contribution is 2.50. The van der Waals surface area contributed by atoms with Gasteiger partial charge in [-0.15, -0.1) is 0 Å². The summed E-state index contributed by atoms with van der Waals surface area (Å²) in [4.78, 5) is 25.6. The maximum Gasteiger partial charge on any atom is 0.312 e. The summed E-state index contributed by atoms with van der Waals surface area (Å²) in [5.74, 6) is 1.31. The van der Waals surface area contributed by atoms with Crippen LogP contribution in [0, 0.1) is 0 Å². The molecule has 8 heteroatoms. The molecule has 3 aliphatic heterocycles. The zero-order valence-corrected chi connectivity index (χ0v) is 18.7. The van der Waals surface area contributed by atoms with Gasteiger partial charge in [0.25, 0.3) is 0 Å². The molecule has 3 aromatic carbocycles. The van der Waals surface area contributed by atoms with Crippen molar-refractivity contribution < 1.29 is 38.4 Å². The van der Waals surface area contributed by atoms with Gasteiger partial charge >= 0.3 is 5.97 Å². The van der Waals surface area contributed by atoms with E-state index in [1.54, 1.807) is 30.3 Å². The van der Waals surface area contributed by atoms with Gasteiger partial charge in [0.05, 0.1) is 19.1 Å². The third-order valence-electron chi connectivity index (χ3n) is 6.25. The van der Waals surface area contributed by atoms with E-state index < -0.39 is 5.92 Å². The number of carbonyl (C=O) groups excluding carboxylic acids is 2. The van der Waals surface area contributed by atoms with Crippen molar-refractivity contribution in [3.63, 3.8) is 0 Å². The average Bonchev–Trinajstić information content (AvgIpc) is 3.18. The second-order valence-corrected chi connectivity index (χ2v) is 8.36. The molecule has 3 aliphatic rings. The number of Topliss-reactive ketones (excluding diaryl/α,β-unsaturated/α-hetero) is 1. The van der Waals surface area contributed by atoms with Crippen molar-refractivity contribution in [2.45, 2.75) is 12.3 Å². The third kappa shape index (κ3) is 3.54. The summed E-state index contributed by atoms with van der Waals surface area (Å²) in [6.45, 7) is 0.928. The molecule has 1 atom stereocenters. The maximum atomic E-state index is 13.2. The summed E-state index contributed by atoms with van der Waals surface area (Å²) in [7, 11) is 1.46.